The van der Waals surface area contributed by atoms with Crippen molar-refractivity contribution in [2.75, 3.05) is 13.1 Å². The van der Waals surface area contributed by atoms with E-state index < -0.39 is 0 Å². The molecule has 74 valence electrons. The topological polar surface area (TPSA) is 73.9 Å². The van der Waals surface area contributed by atoms with Crippen LogP contribution in [0.3, 0.4) is 0 Å². The van der Waals surface area contributed by atoms with Crippen LogP contribution in [-0.2, 0) is 0 Å². The Hall–Kier alpha value is -0.870. The van der Waals surface area contributed by atoms with Gasteiger partial charge in [0, 0.05) is 42.7 Å². The fraction of sp³-hybridized carbons (Fsp3) is 0.667. The number of hydrogen-bond acceptors (Lipinski definition) is 4. The van der Waals surface area contributed by atoms with Gasteiger partial charge < -0.3 is 21.8 Å². The maximum absolute atomic E-state index is 7.54. The Labute approximate surface area is 79.1 Å². The van der Waals surface area contributed by atoms with Crippen molar-refractivity contribution in [2.24, 2.45) is 5.73 Å². The second-order valence-electron chi connectivity index (χ2n) is 3.53. The minimum absolute atomic E-state index is 0.186. The molecule has 2 unspecified atom stereocenters. The smallest absolute Gasteiger partial charge is 0.0481 e. The second kappa shape index (κ2) is 4.39. The van der Waals surface area contributed by atoms with Crippen molar-refractivity contribution in [2.45, 2.75) is 25.9 Å². The van der Waals surface area contributed by atoms with Crippen LogP contribution in [0.5, 0.6) is 0 Å². The predicted octanol–water partition coefficient (Wildman–Crippen LogP) is -0.181. The average molecular weight is 182 g/mol. The van der Waals surface area contributed by atoms with Crippen molar-refractivity contribution >= 4 is 5.71 Å². The first-order valence-corrected chi connectivity index (χ1v) is 4.59. The van der Waals surface area contributed by atoms with Crippen LogP contribution in [0.4, 0.5) is 0 Å². The van der Waals surface area contributed by atoms with E-state index >= 15 is 0 Å². The van der Waals surface area contributed by atoms with Crippen LogP contribution in [0.15, 0.2) is 11.8 Å². The molecule has 0 radical (unpaired) electrons. The van der Waals surface area contributed by atoms with Gasteiger partial charge in [-0.05, 0) is 13.8 Å². The third-order valence-electron chi connectivity index (χ3n) is 2.27. The highest BCUT2D eigenvalue weighted by Crippen LogP contribution is 2.06. The highest BCUT2D eigenvalue weighted by Gasteiger charge is 2.21. The third kappa shape index (κ3) is 2.54. The summed E-state index contributed by atoms with van der Waals surface area (Å²) in [5.41, 5.74) is 6.91. The Kier molecular flexibility index (Phi) is 3.45. The van der Waals surface area contributed by atoms with Crippen molar-refractivity contribution in [3.63, 3.8) is 0 Å². The van der Waals surface area contributed by atoms with E-state index in [1.165, 1.54) is 6.20 Å². The number of rotatable bonds is 2. The van der Waals surface area contributed by atoms with E-state index in [1.807, 2.05) is 0 Å². The molecule has 1 aliphatic heterocycles. The van der Waals surface area contributed by atoms with Crippen LogP contribution in [-0.4, -0.2) is 30.9 Å². The first-order valence-electron chi connectivity index (χ1n) is 4.59. The van der Waals surface area contributed by atoms with Crippen LogP contribution < -0.4 is 16.4 Å². The average Bonchev–Trinajstić information content (AvgIpc) is 2.04. The van der Waals surface area contributed by atoms with Gasteiger partial charge in [0.25, 0.3) is 0 Å². The summed E-state index contributed by atoms with van der Waals surface area (Å²) in [6.07, 6.45) is 1.53. The summed E-state index contributed by atoms with van der Waals surface area (Å²) in [6.45, 7) is 5.71. The van der Waals surface area contributed by atoms with Gasteiger partial charge >= 0.3 is 0 Å². The molecule has 2 atom stereocenters. The van der Waals surface area contributed by atoms with Gasteiger partial charge in [-0.25, -0.2) is 0 Å². The molecule has 1 fully saturated rings. The summed E-state index contributed by atoms with van der Waals surface area (Å²) < 4.78 is 0. The Morgan fingerprint density at radius 2 is 2.23 bits per heavy atom. The van der Waals surface area contributed by atoms with Crippen LogP contribution in [0.25, 0.3) is 0 Å². The van der Waals surface area contributed by atoms with Gasteiger partial charge in [-0.1, -0.05) is 0 Å². The van der Waals surface area contributed by atoms with Crippen molar-refractivity contribution in [1.29, 1.82) is 5.41 Å². The van der Waals surface area contributed by atoms with Gasteiger partial charge in [-0.15, -0.1) is 0 Å². The summed E-state index contributed by atoms with van der Waals surface area (Å²) in [5, 5.41) is 14.2. The first-order chi connectivity index (χ1) is 6.15. The molecular formula is C9H18N4. The van der Waals surface area contributed by atoms with Crippen molar-refractivity contribution in [3.8, 4) is 0 Å². The minimum atomic E-state index is 0.186. The molecule has 4 heteroatoms. The number of nitrogens with two attached hydrogens (primary N) is 1. The molecule has 0 aromatic rings. The lowest BCUT2D eigenvalue weighted by Gasteiger charge is -2.31. The normalized spacial score (nSPS) is 30.2. The predicted molar refractivity (Wildman–Crippen MR) is 54.9 cm³/mol. The molecule has 0 aliphatic carbocycles. The Morgan fingerprint density at radius 3 is 2.69 bits per heavy atom. The molecule has 5 N–H and O–H groups in total. The molecule has 13 heavy (non-hydrogen) atoms. The monoisotopic (exact) mass is 182 g/mol. The largest absolute Gasteiger partial charge is 0.404 e. The fourth-order valence-corrected chi connectivity index (χ4v) is 1.61. The number of piperazine rings is 1. The highest BCUT2D eigenvalue weighted by molar-refractivity contribution is 5.96. The lowest BCUT2D eigenvalue weighted by atomic mass is 10.0. The lowest BCUT2D eigenvalue weighted by molar-refractivity contribution is 0.387. The van der Waals surface area contributed by atoms with Crippen LogP contribution in [0, 0.1) is 5.41 Å². The molecule has 1 saturated heterocycles. The van der Waals surface area contributed by atoms with E-state index in [1.54, 1.807) is 6.92 Å². The van der Waals surface area contributed by atoms with Gasteiger partial charge in [0.05, 0.1) is 0 Å². The van der Waals surface area contributed by atoms with E-state index in [-0.39, 0.29) is 6.04 Å². The summed E-state index contributed by atoms with van der Waals surface area (Å²) in [4.78, 5) is 0. The third-order valence-corrected chi connectivity index (χ3v) is 2.27. The summed E-state index contributed by atoms with van der Waals surface area (Å²) >= 11 is 0. The number of hydrogen-bond donors (Lipinski definition) is 4. The van der Waals surface area contributed by atoms with E-state index in [0.29, 0.717) is 11.8 Å². The number of nitrogens with one attached hydrogen (secondary N) is 3. The van der Waals surface area contributed by atoms with Crippen molar-refractivity contribution in [1.82, 2.24) is 10.6 Å². The zero-order chi connectivity index (χ0) is 9.84. The molecule has 0 aromatic heterocycles. The van der Waals surface area contributed by atoms with E-state index in [9.17, 15) is 0 Å². The molecule has 0 bridgehead atoms. The quantitative estimate of drug-likeness (QED) is 0.448. The molecule has 1 rings (SSSR count). The Bertz CT molecular complexity index is 222. The van der Waals surface area contributed by atoms with Gasteiger partial charge in [-0.3, -0.25) is 0 Å². The second-order valence-corrected chi connectivity index (χ2v) is 3.53. The summed E-state index contributed by atoms with van der Waals surface area (Å²) in [5.74, 6) is 0. The standard InChI is InChI=1S/C9H18N4/c1-6-4-12-5-9(13-6)8(3-10)7(2)11/h3,6,9,11-13H,4-5,10H2,1-2H3/b8-3+,11-7?. The van der Waals surface area contributed by atoms with Crippen LogP contribution in [0.1, 0.15) is 13.8 Å². The van der Waals surface area contributed by atoms with Crippen molar-refractivity contribution in [3.05, 3.63) is 11.8 Å². The van der Waals surface area contributed by atoms with E-state index in [2.05, 4.69) is 17.6 Å². The lowest BCUT2D eigenvalue weighted by Crippen LogP contribution is -2.55. The summed E-state index contributed by atoms with van der Waals surface area (Å²) in [6, 6.07) is 0.624. The molecule has 1 heterocycles. The molecule has 0 saturated carbocycles. The van der Waals surface area contributed by atoms with Gasteiger partial charge in [0.15, 0.2) is 0 Å². The zero-order valence-electron chi connectivity index (χ0n) is 8.22. The fourth-order valence-electron chi connectivity index (χ4n) is 1.61. The highest BCUT2D eigenvalue weighted by atomic mass is 15.1. The van der Waals surface area contributed by atoms with Crippen LogP contribution >= 0.6 is 0 Å². The molecule has 0 spiro atoms. The zero-order valence-corrected chi connectivity index (χ0v) is 8.22. The molecular weight excluding hydrogens is 164 g/mol. The molecule has 1 aliphatic rings. The Morgan fingerprint density at radius 1 is 1.54 bits per heavy atom. The van der Waals surface area contributed by atoms with Gasteiger partial charge in [0.1, 0.15) is 0 Å². The summed E-state index contributed by atoms with van der Waals surface area (Å²) in [7, 11) is 0. The van der Waals surface area contributed by atoms with E-state index in [0.717, 1.165) is 18.7 Å². The van der Waals surface area contributed by atoms with Crippen LogP contribution in [0.2, 0.25) is 0 Å². The minimum Gasteiger partial charge on any atom is -0.404 e. The molecule has 4 nitrogen and oxygen atoms in total. The maximum atomic E-state index is 7.54. The van der Waals surface area contributed by atoms with Crippen molar-refractivity contribution < 1.29 is 0 Å². The molecule has 0 aromatic carbocycles. The SMILES string of the molecule is CC(=N)/C(=C\N)C1CNCC(C)N1. The Balaban J connectivity index is 2.64. The van der Waals surface area contributed by atoms with E-state index in [4.69, 9.17) is 11.1 Å². The van der Waals surface area contributed by atoms with Gasteiger partial charge in [-0.2, -0.15) is 0 Å². The van der Waals surface area contributed by atoms with Gasteiger partial charge in [0.2, 0.25) is 0 Å². The molecule has 0 amide bonds. The first kappa shape index (κ1) is 10.2. The maximum Gasteiger partial charge on any atom is 0.0481 e.